The smallest absolute Gasteiger partial charge is 0.227 e. The molecular weight excluding hydrogens is 318 g/mol. The lowest BCUT2D eigenvalue weighted by atomic mass is 9.95. The summed E-state index contributed by atoms with van der Waals surface area (Å²) in [5, 5.41) is 5.60. The van der Waals surface area contributed by atoms with Crippen LogP contribution < -0.4 is 21.1 Å². The van der Waals surface area contributed by atoms with Crippen molar-refractivity contribution in [3.8, 4) is 5.75 Å². The first kappa shape index (κ1) is 19.3. The van der Waals surface area contributed by atoms with Gasteiger partial charge in [0.1, 0.15) is 5.75 Å². The van der Waals surface area contributed by atoms with E-state index in [0.717, 1.165) is 19.3 Å². The fraction of sp³-hybridized carbons (Fsp3) is 0.500. The molecule has 1 fully saturated rings. The molecule has 4 N–H and O–H groups in total. The number of nitrogens with one attached hydrogen (secondary N) is 2. The quantitative estimate of drug-likeness (QED) is 0.766. The van der Waals surface area contributed by atoms with Crippen LogP contribution in [0.15, 0.2) is 18.2 Å². The molecule has 0 bridgehead atoms. The van der Waals surface area contributed by atoms with Gasteiger partial charge in [0, 0.05) is 24.6 Å². The average Bonchev–Trinajstić information content (AvgIpc) is 2.96. The van der Waals surface area contributed by atoms with Crippen molar-refractivity contribution in [3.05, 3.63) is 18.2 Å². The number of hydrogen-bond donors (Lipinski definition) is 3. The van der Waals surface area contributed by atoms with E-state index in [1.54, 1.807) is 18.2 Å². The van der Waals surface area contributed by atoms with Crippen LogP contribution >= 0.6 is 12.4 Å². The lowest BCUT2D eigenvalue weighted by molar-refractivity contribution is -0.120. The number of ether oxygens (including phenoxy) is 1. The van der Waals surface area contributed by atoms with Gasteiger partial charge in [0.25, 0.3) is 0 Å². The van der Waals surface area contributed by atoms with E-state index in [0.29, 0.717) is 23.7 Å². The number of amides is 2. The summed E-state index contributed by atoms with van der Waals surface area (Å²) in [6.45, 7) is 1.98. The first-order chi connectivity index (χ1) is 10.5. The molecule has 1 saturated carbocycles. The van der Waals surface area contributed by atoms with Crippen LogP contribution in [0.5, 0.6) is 5.75 Å². The van der Waals surface area contributed by atoms with Crippen LogP contribution in [0, 0.1) is 11.8 Å². The highest BCUT2D eigenvalue weighted by Gasteiger charge is 2.31. The zero-order valence-corrected chi connectivity index (χ0v) is 14.2. The molecule has 0 heterocycles. The minimum absolute atomic E-state index is 0. The minimum Gasteiger partial charge on any atom is -0.494 e. The van der Waals surface area contributed by atoms with Gasteiger partial charge in [-0.25, -0.2) is 0 Å². The van der Waals surface area contributed by atoms with Gasteiger partial charge in [-0.15, -0.1) is 12.4 Å². The van der Waals surface area contributed by atoms with Crippen molar-refractivity contribution in [1.82, 2.24) is 0 Å². The zero-order valence-electron chi connectivity index (χ0n) is 13.4. The van der Waals surface area contributed by atoms with Crippen LogP contribution in [0.2, 0.25) is 0 Å². The monoisotopic (exact) mass is 341 g/mol. The van der Waals surface area contributed by atoms with Crippen molar-refractivity contribution in [2.75, 3.05) is 24.3 Å². The van der Waals surface area contributed by atoms with Gasteiger partial charge in [-0.1, -0.05) is 6.42 Å². The van der Waals surface area contributed by atoms with Crippen molar-refractivity contribution in [3.63, 3.8) is 0 Å². The fourth-order valence-corrected chi connectivity index (χ4v) is 2.96. The van der Waals surface area contributed by atoms with E-state index in [-0.39, 0.29) is 36.1 Å². The van der Waals surface area contributed by atoms with E-state index < -0.39 is 0 Å². The summed E-state index contributed by atoms with van der Waals surface area (Å²) in [5.41, 5.74) is 6.96. The third kappa shape index (κ3) is 4.84. The molecule has 0 saturated heterocycles. The number of nitrogens with two attached hydrogens (primary N) is 1. The van der Waals surface area contributed by atoms with E-state index in [9.17, 15) is 9.59 Å². The molecule has 7 heteroatoms. The van der Waals surface area contributed by atoms with E-state index >= 15 is 0 Å². The number of benzene rings is 1. The predicted molar refractivity (Wildman–Crippen MR) is 93.1 cm³/mol. The van der Waals surface area contributed by atoms with Crippen molar-refractivity contribution >= 4 is 35.6 Å². The van der Waals surface area contributed by atoms with E-state index in [4.69, 9.17) is 10.5 Å². The Balaban J connectivity index is 0.00000264. The number of hydrogen-bond acceptors (Lipinski definition) is 4. The predicted octanol–water partition coefficient (Wildman–Crippen LogP) is 2.39. The standard InChI is InChI=1S/C16H23N3O3.ClH/c1-10(20)18-14-7-6-12(8-15(14)22-2)19-16(21)13-5-3-4-11(13)9-17;/h6-8,11,13H,3-5,9,17H2,1-2H3,(H,18,20)(H,19,21);1H/t11-,13-;/m1./s1. The van der Waals surface area contributed by atoms with Gasteiger partial charge in [-0.3, -0.25) is 9.59 Å². The second kappa shape index (κ2) is 8.74. The molecule has 1 aliphatic rings. The van der Waals surface area contributed by atoms with Crippen LogP contribution in [0.3, 0.4) is 0 Å². The molecule has 0 unspecified atom stereocenters. The molecule has 1 aliphatic carbocycles. The molecule has 128 valence electrons. The van der Waals surface area contributed by atoms with Crippen molar-refractivity contribution < 1.29 is 14.3 Å². The molecule has 2 atom stereocenters. The van der Waals surface area contributed by atoms with Crippen LogP contribution in [0.4, 0.5) is 11.4 Å². The third-order valence-electron chi connectivity index (χ3n) is 4.08. The van der Waals surface area contributed by atoms with Crippen LogP contribution in [-0.2, 0) is 9.59 Å². The third-order valence-corrected chi connectivity index (χ3v) is 4.08. The Morgan fingerprint density at radius 1 is 1.30 bits per heavy atom. The average molecular weight is 342 g/mol. The first-order valence-corrected chi connectivity index (χ1v) is 7.51. The van der Waals surface area contributed by atoms with Gasteiger partial charge < -0.3 is 21.1 Å². The van der Waals surface area contributed by atoms with Crippen LogP contribution in [-0.4, -0.2) is 25.5 Å². The lowest BCUT2D eigenvalue weighted by Crippen LogP contribution is -2.29. The summed E-state index contributed by atoms with van der Waals surface area (Å²) in [6.07, 6.45) is 2.94. The Hall–Kier alpha value is -1.79. The minimum atomic E-state index is -0.174. The maximum atomic E-state index is 12.4. The second-order valence-corrected chi connectivity index (χ2v) is 5.62. The Bertz CT molecular complexity index is 566. The van der Waals surface area contributed by atoms with Crippen molar-refractivity contribution in [1.29, 1.82) is 0 Å². The fourth-order valence-electron chi connectivity index (χ4n) is 2.96. The summed E-state index contributed by atoms with van der Waals surface area (Å²) in [4.78, 5) is 23.5. The molecule has 0 radical (unpaired) electrons. The largest absolute Gasteiger partial charge is 0.494 e. The SMILES string of the molecule is COc1cc(NC(=O)[C@@H]2CCC[C@@H]2CN)ccc1NC(C)=O.Cl. The van der Waals surface area contributed by atoms with Gasteiger partial charge in [0.15, 0.2) is 0 Å². The Morgan fingerprint density at radius 3 is 2.65 bits per heavy atom. The normalized spacial score (nSPS) is 19.6. The molecule has 2 amide bonds. The van der Waals surface area contributed by atoms with Gasteiger partial charge in [0.05, 0.1) is 12.8 Å². The van der Waals surface area contributed by atoms with E-state index in [1.165, 1.54) is 14.0 Å². The van der Waals surface area contributed by atoms with Gasteiger partial charge in [0.2, 0.25) is 11.8 Å². The van der Waals surface area contributed by atoms with Crippen LogP contribution in [0.25, 0.3) is 0 Å². The first-order valence-electron chi connectivity index (χ1n) is 7.51. The van der Waals surface area contributed by atoms with Gasteiger partial charge in [-0.2, -0.15) is 0 Å². The number of rotatable bonds is 5. The number of methoxy groups -OCH3 is 1. The van der Waals surface area contributed by atoms with Gasteiger partial charge in [-0.05, 0) is 37.4 Å². The van der Waals surface area contributed by atoms with E-state index in [2.05, 4.69) is 10.6 Å². The maximum absolute atomic E-state index is 12.4. The highest BCUT2D eigenvalue weighted by atomic mass is 35.5. The molecule has 1 aromatic carbocycles. The number of carbonyl (C=O) groups is 2. The molecular formula is C16H24ClN3O3. The van der Waals surface area contributed by atoms with Crippen LogP contribution in [0.1, 0.15) is 26.2 Å². The summed E-state index contributed by atoms with van der Waals surface area (Å²) >= 11 is 0. The molecule has 0 spiro atoms. The number of anilines is 2. The lowest BCUT2D eigenvalue weighted by Gasteiger charge is -2.18. The Labute approximate surface area is 142 Å². The number of halogens is 1. The molecule has 6 nitrogen and oxygen atoms in total. The topological polar surface area (TPSA) is 93.4 Å². The second-order valence-electron chi connectivity index (χ2n) is 5.62. The zero-order chi connectivity index (χ0) is 16.1. The molecule has 2 rings (SSSR count). The van der Waals surface area contributed by atoms with Gasteiger partial charge >= 0.3 is 0 Å². The summed E-state index contributed by atoms with van der Waals surface area (Å²) in [5.74, 6) is 0.579. The highest BCUT2D eigenvalue weighted by molar-refractivity contribution is 5.95. The van der Waals surface area contributed by atoms with Crippen molar-refractivity contribution in [2.24, 2.45) is 17.6 Å². The maximum Gasteiger partial charge on any atom is 0.227 e. The Morgan fingerprint density at radius 2 is 2.04 bits per heavy atom. The summed E-state index contributed by atoms with van der Waals surface area (Å²) in [7, 11) is 1.52. The molecule has 1 aromatic rings. The Kier molecular flexibility index (Phi) is 7.32. The molecule has 0 aliphatic heterocycles. The number of carbonyl (C=O) groups excluding carboxylic acids is 2. The highest BCUT2D eigenvalue weighted by Crippen LogP contribution is 2.33. The molecule has 0 aromatic heterocycles. The summed E-state index contributed by atoms with van der Waals surface area (Å²) < 4.78 is 5.25. The van der Waals surface area contributed by atoms with E-state index in [1.807, 2.05) is 0 Å². The molecule has 23 heavy (non-hydrogen) atoms. The summed E-state index contributed by atoms with van der Waals surface area (Å²) in [6, 6.07) is 5.17. The van der Waals surface area contributed by atoms with Crippen molar-refractivity contribution in [2.45, 2.75) is 26.2 Å².